The molecule has 1 atom stereocenters. The first kappa shape index (κ1) is 20.2. The number of nitrogens with zero attached hydrogens (tertiary/aromatic N) is 2. The third-order valence-electron chi connectivity index (χ3n) is 5.72. The van der Waals surface area contributed by atoms with Gasteiger partial charge in [-0.25, -0.2) is 9.78 Å². The minimum Gasteiger partial charge on any atom is -0.482 e. The Hall–Kier alpha value is -3.09. The Morgan fingerprint density at radius 1 is 1.17 bits per heavy atom. The van der Waals surface area contributed by atoms with Gasteiger partial charge < -0.3 is 20.1 Å². The summed E-state index contributed by atoms with van der Waals surface area (Å²) in [5, 5.41) is 12.1. The Bertz CT molecular complexity index is 913. The predicted octanol–water partition coefficient (Wildman–Crippen LogP) is 3.00. The van der Waals surface area contributed by atoms with Crippen molar-refractivity contribution in [1.82, 2.24) is 9.88 Å². The number of carboxylic acids is 1. The number of pyridine rings is 1. The van der Waals surface area contributed by atoms with Crippen LogP contribution in [0.4, 0.5) is 5.82 Å². The van der Waals surface area contributed by atoms with E-state index in [1.807, 2.05) is 4.90 Å². The van der Waals surface area contributed by atoms with E-state index in [4.69, 9.17) is 14.8 Å². The number of likely N-dealkylation sites (tertiary alicyclic amines) is 1. The highest BCUT2D eigenvalue weighted by Crippen LogP contribution is 2.25. The van der Waals surface area contributed by atoms with Crippen molar-refractivity contribution in [3.8, 4) is 5.75 Å². The van der Waals surface area contributed by atoms with Gasteiger partial charge in [0.25, 0.3) is 5.91 Å². The standard InChI is InChI=1S/C23H27N3O4/c27-21(28)15-30-20-9-6-18(7-10-20)23(29)26-12-2-3-16(14-26)13-19-8-5-17-4-1-11-24-22(17)25-19/h5-10,16H,1-4,11-15H2,(H,24,25)(H,27,28). The molecule has 158 valence electrons. The number of amides is 1. The van der Waals surface area contributed by atoms with Crippen molar-refractivity contribution >= 4 is 17.7 Å². The van der Waals surface area contributed by atoms with Gasteiger partial charge >= 0.3 is 5.97 Å². The molecule has 2 aliphatic heterocycles. The highest BCUT2D eigenvalue weighted by Gasteiger charge is 2.25. The third-order valence-corrected chi connectivity index (χ3v) is 5.72. The van der Waals surface area contributed by atoms with Gasteiger partial charge in [0.05, 0.1) is 0 Å². The van der Waals surface area contributed by atoms with Crippen molar-refractivity contribution in [2.45, 2.75) is 32.1 Å². The molecule has 0 spiro atoms. The maximum absolute atomic E-state index is 12.9. The number of carbonyl (C=O) groups excluding carboxylic acids is 1. The van der Waals surface area contributed by atoms with Crippen LogP contribution >= 0.6 is 0 Å². The summed E-state index contributed by atoms with van der Waals surface area (Å²) >= 11 is 0. The van der Waals surface area contributed by atoms with Crippen LogP contribution in [-0.2, 0) is 17.6 Å². The largest absolute Gasteiger partial charge is 0.482 e. The zero-order valence-electron chi connectivity index (χ0n) is 17.0. The quantitative estimate of drug-likeness (QED) is 0.762. The average molecular weight is 409 g/mol. The monoisotopic (exact) mass is 409 g/mol. The number of benzene rings is 1. The molecule has 2 aromatic rings. The Morgan fingerprint density at radius 2 is 2.00 bits per heavy atom. The molecule has 1 amide bonds. The molecule has 0 radical (unpaired) electrons. The second-order valence-corrected chi connectivity index (χ2v) is 8.01. The van der Waals surface area contributed by atoms with E-state index in [1.54, 1.807) is 24.3 Å². The van der Waals surface area contributed by atoms with Crippen LogP contribution < -0.4 is 10.1 Å². The molecular formula is C23H27N3O4. The molecule has 4 rings (SSSR count). The number of aromatic nitrogens is 1. The fourth-order valence-electron chi connectivity index (χ4n) is 4.22. The molecule has 3 heterocycles. The fraction of sp³-hybridized carbons (Fsp3) is 0.435. The maximum atomic E-state index is 12.9. The number of aliphatic carboxylic acids is 1. The Labute approximate surface area is 176 Å². The molecule has 0 saturated carbocycles. The zero-order valence-corrected chi connectivity index (χ0v) is 17.0. The molecule has 1 aromatic carbocycles. The van der Waals surface area contributed by atoms with Crippen LogP contribution in [0.5, 0.6) is 5.75 Å². The lowest BCUT2D eigenvalue weighted by Crippen LogP contribution is -2.40. The molecule has 2 N–H and O–H groups in total. The van der Waals surface area contributed by atoms with Crippen molar-refractivity contribution in [3.63, 3.8) is 0 Å². The summed E-state index contributed by atoms with van der Waals surface area (Å²) in [5.74, 6) is 0.837. The van der Waals surface area contributed by atoms with Gasteiger partial charge in [0.2, 0.25) is 0 Å². The third kappa shape index (κ3) is 4.90. The van der Waals surface area contributed by atoms with E-state index in [2.05, 4.69) is 17.4 Å². The topological polar surface area (TPSA) is 91.8 Å². The first-order valence-electron chi connectivity index (χ1n) is 10.5. The van der Waals surface area contributed by atoms with Gasteiger partial charge in [-0.15, -0.1) is 0 Å². The number of carboxylic acid groups (broad SMARTS) is 1. The summed E-state index contributed by atoms with van der Waals surface area (Å²) < 4.78 is 5.13. The summed E-state index contributed by atoms with van der Waals surface area (Å²) in [6.45, 7) is 2.07. The lowest BCUT2D eigenvalue weighted by molar-refractivity contribution is -0.139. The minimum absolute atomic E-state index is 0.00421. The van der Waals surface area contributed by atoms with Gasteiger partial charge in [-0.05, 0) is 73.9 Å². The SMILES string of the molecule is O=C(O)COc1ccc(C(=O)N2CCCC(Cc3ccc4c(n3)NCCC4)C2)cc1. The second-order valence-electron chi connectivity index (χ2n) is 8.01. The first-order valence-corrected chi connectivity index (χ1v) is 10.5. The molecule has 1 unspecified atom stereocenters. The number of hydrogen-bond donors (Lipinski definition) is 2. The molecule has 1 fully saturated rings. The van der Waals surface area contributed by atoms with E-state index in [1.165, 1.54) is 5.56 Å². The predicted molar refractivity (Wildman–Crippen MR) is 113 cm³/mol. The second kappa shape index (κ2) is 9.15. The summed E-state index contributed by atoms with van der Waals surface area (Å²) in [6.07, 6.45) is 5.19. The molecule has 30 heavy (non-hydrogen) atoms. The average Bonchev–Trinajstić information content (AvgIpc) is 2.77. The van der Waals surface area contributed by atoms with Crippen molar-refractivity contribution in [2.75, 3.05) is 31.6 Å². The van der Waals surface area contributed by atoms with Crippen LogP contribution in [0.25, 0.3) is 0 Å². The number of fused-ring (bicyclic) bond motifs is 1. The van der Waals surface area contributed by atoms with Gasteiger partial charge in [0.15, 0.2) is 6.61 Å². The number of ether oxygens (including phenoxy) is 1. The lowest BCUT2D eigenvalue weighted by atomic mass is 9.92. The lowest BCUT2D eigenvalue weighted by Gasteiger charge is -2.33. The number of aryl methyl sites for hydroxylation is 1. The molecule has 2 aliphatic rings. The van der Waals surface area contributed by atoms with Crippen LogP contribution in [0.15, 0.2) is 36.4 Å². The highest BCUT2D eigenvalue weighted by molar-refractivity contribution is 5.94. The molecule has 7 heteroatoms. The number of anilines is 1. The van der Waals surface area contributed by atoms with Gasteiger partial charge in [-0.1, -0.05) is 6.07 Å². The van der Waals surface area contributed by atoms with Crippen LogP contribution in [0, 0.1) is 5.92 Å². The van der Waals surface area contributed by atoms with Crippen LogP contribution in [0.1, 0.15) is 40.9 Å². The van der Waals surface area contributed by atoms with E-state index in [0.29, 0.717) is 17.2 Å². The van der Waals surface area contributed by atoms with E-state index >= 15 is 0 Å². The van der Waals surface area contributed by atoms with Gasteiger partial charge in [-0.2, -0.15) is 0 Å². The van der Waals surface area contributed by atoms with E-state index in [0.717, 1.165) is 63.3 Å². The van der Waals surface area contributed by atoms with Gasteiger partial charge in [0, 0.05) is 30.9 Å². The van der Waals surface area contributed by atoms with Crippen LogP contribution in [0.2, 0.25) is 0 Å². The van der Waals surface area contributed by atoms with Crippen molar-refractivity contribution in [2.24, 2.45) is 5.92 Å². The van der Waals surface area contributed by atoms with Gasteiger partial charge in [-0.3, -0.25) is 4.79 Å². The van der Waals surface area contributed by atoms with E-state index < -0.39 is 12.6 Å². The zero-order chi connectivity index (χ0) is 20.9. The number of piperidine rings is 1. The number of nitrogens with one attached hydrogen (secondary N) is 1. The highest BCUT2D eigenvalue weighted by atomic mass is 16.5. The number of rotatable bonds is 6. The van der Waals surface area contributed by atoms with Crippen molar-refractivity contribution in [3.05, 3.63) is 53.2 Å². The van der Waals surface area contributed by atoms with Crippen molar-refractivity contribution in [1.29, 1.82) is 0 Å². The molecule has 0 aliphatic carbocycles. The molecule has 7 nitrogen and oxygen atoms in total. The normalized spacial score (nSPS) is 18.3. The number of carbonyl (C=O) groups is 2. The molecule has 1 aromatic heterocycles. The fourth-order valence-corrected chi connectivity index (χ4v) is 4.22. The summed E-state index contributed by atoms with van der Waals surface area (Å²) in [4.78, 5) is 30.2. The summed E-state index contributed by atoms with van der Waals surface area (Å²) in [7, 11) is 0. The van der Waals surface area contributed by atoms with Gasteiger partial charge in [0.1, 0.15) is 11.6 Å². The van der Waals surface area contributed by atoms with E-state index in [9.17, 15) is 9.59 Å². The van der Waals surface area contributed by atoms with Crippen molar-refractivity contribution < 1.29 is 19.4 Å². The Morgan fingerprint density at radius 3 is 2.80 bits per heavy atom. The summed E-state index contributed by atoms with van der Waals surface area (Å²) in [5.41, 5.74) is 2.97. The minimum atomic E-state index is -1.03. The smallest absolute Gasteiger partial charge is 0.341 e. The number of hydrogen-bond acceptors (Lipinski definition) is 5. The molecular weight excluding hydrogens is 382 g/mol. The van der Waals surface area contributed by atoms with Crippen LogP contribution in [-0.4, -0.2) is 53.1 Å². The van der Waals surface area contributed by atoms with Crippen LogP contribution in [0.3, 0.4) is 0 Å². The molecule has 0 bridgehead atoms. The Balaban J connectivity index is 1.36. The molecule has 1 saturated heterocycles. The Kier molecular flexibility index (Phi) is 6.16. The maximum Gasteiger partial charge on any atom is 0.341 e. The first-order chi connectivity index (χ1) is 14.6. The summed E-state index contributed by atoms with van der Waals surface area (Å²) in [6, 6.07) is 11.0. The van der Waals surface area contributed by atoms with E-state index in [-0.39, 0.29) is 5.91 Å².